The predicted molar refractivity (Wildman–Crippen MR) is 83.3 cm³/mol. The molecular weight excluding hydrogens is 288 g/mol. The molecule has 0 aliphatic heterocycles. The van der Waals surface area contributed by atoms with Crippen LogP contribution in [0.4, 0.5) is 5.69 Å². The van der Waals surface area contributed by atoms with Crippen molar-refractivity contribution in [1.29, 1.82) is 0 Å². The highest BCUT2D eigenvalue weighted by Crippen LogP contribution is 2.28. The maximum absolute atomic E-state index is 10.8. The summed E-state index contributed by atoms with van der Waals surface area (Å²) in [6.45, 7) is 0. The van der Waals surface area contributed by atoms with Crippen LogP contribution in [0.3, 0.4) is 0 Å². The van der Waals surface area contributed by atoms with E-state index in [1.165, 1.54) is 12.1 Å². The first-order valence-corrected chi connectivity index (χ1v) is 6.96. The zero-order chi connectivity index (χ0) is 14.8. The smallest absolute Gasteiger partial charge is 0.311 e. The number of fused-ring (bicyclic) bond motifs is 1. The topological polar surface area (TPSA) is 76.3 Å². The summed E-state index contributed by atoms with van der Waals surface area (Å²) < 4.78 is 1.09. The van der Waals surface area contributed by atoms with E-state index in [0.717, 1.165) is 15.2 Å². The average molecular weight is 298 g/mol. The molecule has 0 fully saturated rings. The van der Waals surface area contributed by atoms with E-state index in [1.54, 1.807) is 29.6 Å². The van der Waals surface area contributed by atoms with Crippen LogP contribution in [0.25, 0.3) is 22.4 Å². The summed E-state index contributed by atoms with van der Waals surface area (Å²) in [4.78, 5) is 14.6. The van der Waals surface area contributed by atoms with Crippen LogP contribution in [-0.4, -0.2) is 15.0 Å². The second kappa shape index (κ2) is 5.34. The molecule has 3 aromatic rings. The minimum Gasteiger partial charge on any atom is -0.502 e. The van der Waals surface area contributed by atoms with E-state index in [0.29, 0.717) is 5.56 Å². The van der Waals surface area contributed by atoms with Gasteiger partial charge in [0.05, 0.1) is 15.1 Å². The number of nitro benzene ring substituents is 1. The normalized spacial score (nSPS) is 11.2. The van der Waals surface area contributed by atoms with Crippen LogP contribution in [0, 0.1) is 10.1 Å². The van der Waals surface area contributed by atoms with Crippen molar-refractivity contribution in [3.05, 3.63) is 63.1 Å². The van der Waals surface area contributed by atoms with Crippen LogP contribution in [0.1, 0.15) is 10.6 Å². The Kier molecular flexibility index (Phi) is 3.37. The number of thiazole rings is 1. The number of para-hydroxylation sites is 1. The third kappa shape index (κ3) is 2.75. The summed E-state index contributed by atoms with van der Waals surface area (Å²) in [5.41, 5.74) is 1.26. The quantitative estimate of drug-likeness (QED) is 0.584. The molecule has 0 unspecified atom stereocenters. The van der Waals surface area contributed by atoms with Gasteiger partial charge in [0.25, 0.3) is 0 Å². The summed E-state index contributed by atoms with van der Waals surface area (Å²) in [7, 11) is 0. The summed E-state index contributed by atoms with van der Waals surface area (Å²) >= 11 is 1.55. The fourth-order valence-electron chi connectivity index (χ4n) is 1.92. The number of aromatic hydroxyl groups is 1. The van der Waals surface area contributed by atoms with Gasteiger partial charge in [-0.1, -0.05) is 24.3 Å². The highest BCUT2D eigenvalue weighted by molar-refractivity contribution is 7.19. The van der Waals surface area contributed by atoms with Crippen LogP contribution in [-0.2, 0) is 0 Å². The maximum atomic E-state index is 10.8. The largest absolute Gasteiger partial charge is 0.502 e. The highest BCUT2D eigenvalue weighted by Gasteiger charge is 2.12. The number of nitrogens with zero attached hydrogens (tertiary/aromatic N) is 2. The molecule has 0 bridgehead atoms. The lowest BCUT2D eigenvalue weighted by Gasteiger charge is -1.97. The van der Waals surface area contributed by atoms with Crippen LogP contribution in [0.5, 0.6) is 5.75 Å². The van der Waals surface area contributed by atoms with E-state index in [2.05, 4.69) is 4.98 Å². The van der Waals surface area contributed by atoms with Crippen LogP contribution < -0.4 is 0 Å². The number of phenolic OH excluding ortho intramolecular Hbond substituents is 1. The Morgan fingerprint density at radius 1 is 1.19 bits per heavy atom. The molecule has 0 atom stereocenters. The van der Waals surface area contributed by atoms with Gasteiger partial charge in [-0.25, -0.2) is 4.98 Å². The molecule has 0 aliphatic rings. The van der Waals surface area contributed by atoms with Crippen molar-refractivity contribution in [2.45, 2.75) is 0 Å². The molecule has 21 heavy (non-hydrogen) atoms. The molecule has 0 saturated heterocycles. The van der Waals surface area contributed by atoms with Gasteiger partial charge in [-0.2, -0.15) is 0 Å². The minimum absolute atomic E-state index is 0.304. The Balaban J connectivity index is 1.92. The first-order valence-electron chi connectivity index (χ1n) is 6.14. The van der Waals surface area contributed by atoms with Gasteiger partial charge in [-0.15, -0.1) is 11.3 Å². The zero-order valence-corrected chi connectivity index (χ0v) is 11.6. The summed E-state index contributed by atoms with van der Waals surface area (Å²) in [6.07, 6.45) is 3.55. The summed E-state index contributed by atoms with van der Waals surface area (Å²) in [5.74, 6) is -0.336. The van der Waals surface area contributed by atoms with Crippen molar-refractivity contribution in [1.82, 2.24) is 4.98 Å². The lowest BCUT2D eigenvalue weighted by molar-refractivity contribution is -0.385. The molecule has 0 aliphatic carbocycles. The van der Waals surface area contributed by atoms with E-state index in [9.17, 15) is 15.2 Å². The minimum atomic E-state index is -0.607. The van der Waals surface area contributed by atoms with Gasteiger partial charge in [0.15, 0.2) is 5.75 Å². The van der Waals surface area contributed by atoms with E-state index in [4.69, 9.17) is 0 Å². The summed E-state index contributed by atoms with van der Waals surface area (Å²) in [5, 5.41) is 21.0. The van der Waals surface area contributed by atoms with Crippen molar-refractivity contribution in [3.63, 3.8) is 0 Å². The fraction of sp³-hybridized carbons (Fsp3) is 0. The third-order valence-electron chi connectivity index (χ3n) is 2.92. The molecule has 5 nitrogen and oxygen atoms in total. The molecular formula is C15H10N2O3S. The molecule has 2 aromatic carbocycles. The SMILES string of the molecule is O=[N+]([O-])c1cc(/C=C/c2nc3ccccc3s2)ccc1O. The van der Waals surface area contributed by atoms with Gasteiger partial charge in [-0.05, 0) is 29.8 Å². The second-order valence-corrected chi connectivity index (χ2v) is 5.42. The molecule has 1 heterocycles. The maximum Gasteiger partial charge on any atom is 0.311 e. The Labute approximate surface area is 124 Å². The van der Waals surface area contributed by atoms with Crippen LogP contribution >= 0.6 is 11.3 Å². The van der Waals surface area contributed by atoms with Crippen molar-refractivity contribution >= 4 is 39.4 Å². The van der Waals surface area contributed by atoms with E-state index < -0.39 is 4.92 Å². The number of hydrogen-bond donors (Lipinski definition) is 1. The lowest BCUT2D eigenvalue weighted by Crippen LogP contribution is -1.88. The molecule has 0 saturated carbocycles. The highest BCUT2D eigenvalue weighted by atomic mass is 32.1. The van der Waals surface area contributed by atoms with Gasteiger partial charge < -0.3 is 5.11 Å². The molecule has 104 valence electrons. The molecule has 1 aromatic heterocycles. The van der Waals surface area contributed by atoms with Gasteiger partial charge in [0.2, 0.25) is 0 Å². The number of phenols is 1. The van der Waals surface area contributed by atoms with Crippen molar-refractivity contribution in [3.8, 4) is 5.75 Å². The van der Waals surface area contributed by atoms with Crippen molar-refractivity contribution in [2.75, 3.05) is 0 Å². The van der Waals surface area contributed by atoms with Crippen molar-refractivity contribution in [2.24, 2.45) is 0 Å². The zero-order valence-electron chi connectivity index (χ0n) is 10.8. The van der Waals surface area contributed by atoms with Gasteiger partial charge in [0, 0.05) is 6.07 Å². The Morgan fingerprint density at radius 3 is 2.76 bits per heavy atom. The number of nitro groups is 1. The van der Waals surface area contributed by atoms with E-state index >= 15 is 0 Å². The average Bonchev–Trinajstić information content (AvgIpc) is 2.89. The van der Waals surface area contributed by atoms with Crippen LogP contribution in [0.15, 0.2) is 42.5 Å². The van der Waals surface area contributed by atoms with E-state index in [1.807, 2.05) is 24.3 Å². The van der Waals surface area contributed by atoms with Gasteiger partial charge in [0.1, 0.15) is 5.01 Å². The molecule has 0 spiro atoms. The molecule has 1 N–H and O–H groups in total. The Morgan fingerprint density at radius 2 is 2.00 bits per heavy atom. The lowest BCUT2D eigenvalue weighted by atomic mass is 10.2. The number of hydrogen-bond acceptors (Lipinski definition) is 5. The first-order chi connectivity index (χ1) is 10.1. The summed E-state index contributed by atoms with van der Waals surface area (Å²) in [6, 6.07) is 12.1. The molecule has 0 radical (unpaired) electrons. The first kappa shape index (κ1) is 13.3. The van der Waals surface area contributed by atoms with Crippen LogP contribution in [0.2, 0.25) is 0 Å². The molecule has 3 rings (SSSR count). The Hall–Kier alpha value is -2.73. The van der Waals surface area contributed by atoms with Gasteiger partial charge in [-0.3, -0.25) is 10.1 Å². The fourth-order valence-corrected chi connectivity index (χ4v) is 2.79. The van der Waals surface area contributed by atoms with E-state index in [-0.39, 0.29) is 11.4 Å². The third-order valence-corrected chi connectivity index (χ3v) is 3.93. The molecule has 6 heteroatoms. The van der Waals surface area contributed by atoms with Crippen molar-refractivity contribution < 1.29 is 10.0 Å². The second-order valence-electron chi connectivity index (χ2n) is 4.36. The number of rotatable bonds is 3. The van der Waals surface area contributed by atoms with Gasteiger partial charge >= 0.3 is 5.69 Å². The molecule has 0 amide bonds. The standard InChI is InChI=1S/C15H10N2O3S/c18-13-7-5-10(9-12(13)17(19)20)6-8-15-16-11-3-1-2-4-14(11)21-15/h1-9,18H/b8-6+. The Bertz CT molecular complexity index is 822. The number of aromatic nitrogens is 1. The predicted octanol–water partition coefficient (Wildman–Crippen LogP) is 4.08. The monoisotopic (exact) mass is 298 g/mol. The number of benzene rings is 2.